The number of nitrogens with two attached hydrogens (primary N) is 2. The minimum Gasteiger partial charge on any atom is -0.383 e. The summed E-state index contributed by atoms with van der Waals surface area (Å²) in [6.45, 7) is 0. The number of nitrogens with zero attached hydrogens (tertiary/aromatic N) is 7. The first-order chi connectivity index (χ1) is 20.8. The van der Waals surface area contributed by atoms with Crippen LogP contribution in [-0.2, 0) is 5.54 Å². The zero-order valence-electron chi connectivity index (χ0n) is 22.9. The number of anilines is 1. The Bertz CT molecular complexity index is 1700. The molecule has 7 rings (SSSR count). The summed E-state index contributed by atoms with van der Waals surface area (Å²) in [6.07, 6.45) is -3.21. The molecule has 1 saturated carbocycles. The van der Waals surface area contributed by atoms with E-state index in [4.69, 9.17) is 16.5 Å². The monoisotopic (exact) mass is 620 g/mol. The van der Waals surface area contributed by atoms with Crippen molar-refractivity contribution in [3.05, 3.63) is 53.6 Å². The fourth-order valence-corrected chi connectivity index (χ4v) is 6.75. The second-order valence-electron chi connectivity index (χ2n) is 11.7. The number of pyridine rings is 1. The zero-order chi connectivity index (χ0) is 31.2. The number of piperidine rings is 1. The van der Waals surface area contributed by atoms with Gasteiger partial charge in [-0.1, -0.05) is 6.07 Å². The second kappa shape index (κ2) is 9.61. The molecule has 2 saturated heterocycles. The van der Waals surface area contributed by atoms with E-state index in [1.807, 2.05) is 4.90 Å². The van der Waals surface area contributed by atoms with Gasteiger partial charge in [-0.2, -0.15) is 36.0 Å². The van der Waals surface area contributed by atoms with Crippen LogP contribution in [0.15, 0.2) is 30.9 Å². The molecule has 232 valence electrons. The minimum absolute atomic E-state index is 0.0335. The molecule has 0 aromatic carbocycles. The van der Waals surface area contributed by atoms with Crippen molar-refractivity contribution in [2.75, 3.05) is 5.73 Å². The Morgan fingerprint density at radius 3 is 2.18 bits per heavy atom. The number of alkyl halides is 6. The topological polar surface area (TPSA) is 157 Å². The van der Waals surface area contributed by atoms with Gasteiger partial charge in [-0.15, -0.1) is 10.2 Å². The van der Waals surface area contributed by atoms with Crippen LogP contribution in [0.25, 0.3) is 16.8 Å². The molecule has 17 heteroatoms. The summed E-state index contributed by atoms with van der Waals surface area (Å²) in [7, 11) is 0. The van der Waals surface area contributed by atoms with Gasteiger partial charge in [-0.25, -0.2) is 4.98 Å². The van der Waals surface area contributed by atoms with Gasteiger partial charge < -0.3 is 21.4 Å². The molecule has 11 nitrogen and oxygen atoms in total. The molecule has 3 atom stereocenters. The first-order valence-electron chi connectivity index (χ1n) is 14.0. The number of amides is 1. The van der Waals surface area contributed by atoms with Gasteiger partial charge in [0.2, 0.25) is 5.82 Å². The van der Waals surface area contributed by atoms with Crippen LogP contribution >= 0.6 is 0 Å². The molecule has 2 aliphatic heterocycles. The maximum Gasteiger partial charge on any atom is 0.421 e. The van der Waals surface area contributed by atoms with Gasteiger partial charge in [0.15, 0.2) is 5.65 Å². The van der Waals surface area contributed by atoms with Crippen molar-refractivity contribution in [2.45, 2.75) is 80.3 Å². The highest BCUT2D eigenvalue weighted by atomic mass is 19.4. The molecule has 0 spiro atoms. The third kappa shape index (κ3) is 4.22. The number of halogens is 6. The molecule has 0 radical (unpaired) electrons. The molecule has 4 aromatic heterocycles. The quantitative estimate of drug-likeness (QED) is 0.280. The first-order valence-corrected chi connectivity index (χ1v) is 14.0. The number of hydrogen-bond donors (Lipinski definition) is 3. The van der Waals surface area contributed by atoms with Crippen molar-refractivity contribution in [2.24, 2.45) is 5.73 Å². The molecular formula is C27H26F6N10O. The highest BCUT2D eigenvalue weighted by molar-refractivity contribution is 5.91. The molecule has 6 heterocycles. The van der Waals surface area contributed by atoms with E-state index in [0.717, 1.165) is 49.2 Å². The standard InChI is InChI=1S/C27H26F6N10O/c28-26(29,30)25(35,27(31,32)33)18-6-3-13(9-36-18)17-10-39-43-21(34)19(12-1-2-12)20(40-23(17)43)14-7-15-4-5-16(8-14)42(15)24(44)22-37-11-38-41-22/h3,6,9-12,14-16H,1-2,4-5,7-8,34-35H2,(H,37,38,41)/t14-,15-,16+. The summed E-state index contributed by atoms with van der Waals surface area (Å²) < 4.78 is 82.4. The number of nitrogen functional groups attached to an aromatic ring is 1. The second-order valence-corrected chi connectivity index (χ2v) is 11.7. The molecule has 3 aliphatic rings. The van der Waals surface area contributed by atoms with Gasteiger partial charge in [-0.3, -0.25) is 9.78 Å². The van der Waals surface area contributed by atoms with Gasteiger partial charge in [0.05, 0.1) is 17.6 Å². The van der Waals surface area contributed by atoms with Crippen LogP contribution in [0.4, 0.5) is 32.2 Å². The molecule has 5 N–H and O–H groups in total. The van der Waals surface area contributed by atoms with Crippen LogP contribution in [-0.4, -0.2) is 70.0 Å². The Morgan fingerprint density at radius 2 is 1.64 bits per heavy atom. The Kier molecular flexibility index (Phi) is 6.22. The van der Waals surface area contributed by atoms with Crippen molar-refractivity contribution in [3.8, 4) is 11.1 Å². The molecule has 44 heavy (non-hydrogen) atoms. The van der Waals surface area contributed by atoms with Crippen molar-refractivity contribution in [1.29, 1.82) is 0 Å². The van der Waals surface area contributed by atoms with Gasteiger partial charge in [0, 0.05) is 40.9 Å². The molecule has 1 aliphatic carbocycles. The SMILES string of the molecule is Nc1c(C2CC2)c([C@@H]2C[C@H]3CC[C@@H](C2)N3C(=O)c2nnc[nH]2)nc2c(-c3ccc(C(N)(C(F)(F)F)C(F)(F)F)nc3)cnn12. The molecule has 4 aromatic rings. The van der Waals surface area contributed by atoms with E-state index in [2.05, 4.69) is 25.3 Å². The van der Waals surface area contributed by atoms with E-state index in [9.17, 15) is 31.1 Å². The van der Waals surface area contributed by atoms with Crippen molar-refractivity contribution < 1.29 is 31.1 Å². The molecule has 3 fully saturated rings. The van der Waals surface area contributed by atoms with Crippen LogP contribution in [0.1, 0.15) is 77.9 Å². The number of aromatic nitrogens is 7. The number of hydrogen-bond acceptors (Lipinski definition) is 8. The first kappa shape index (κ1) is 28.5. The van der Waals surface area contributed by atoms with Gasteiger partial charge >= 0.3 is 12.4 Å². The summed E-state index contributed by atoms with van der Waals surface area (Å²) in [5.41, 5.74) is 8.03. The van der Waals surface area contributed by atoms with Crippen LogP contribution in [0.5, 0.6) is 0 Å². The lowest BCUT2D eigenvalue weighted by atomic mass is 9.85. The number of nitrogens with one attached hydrogen (secondary N) is 1. The van der Waals surface area contributed by atoms with E-state index >= 15 is 0 Å². The molecular weight excluding hydrogens is 594 g/mol. The van der Waals surface area contributed by atoms with E-state index in [1.165, 1.54) is 17.0 Å². The normalized spacial score (nSPS) is 22.6. The van der Waals surface area contributed by atoms with Crippen molar-refractivity contribution >= 4 is 17.4 Å². The predicted octanol–water partition coefficient (Wildman–Crippen LogP) is 4.20. The van der Waals surface area contributed by atoms with Gasteiger partial charge in [0.25, 0.3) is 11.4 Å². The summed E-state index contributed by atoms with van der Waals surface area (Å²) in [4.78, 5) is 26.3. The highest BCUT2D eigenvalue weighted by Gasteiger charge is 2.70. The maximum absolute atomic E-state index is 13.5. The van der Waals surface area contributed by atoms with Crippen LogP contribution < -0.4 is 11.5 Å². The van der Waals surface area contributed by atoms with Gasteiger partial charge in [0.1, 0.15) is 12.1 Å². The summed E-state index contributed by atoms with van der Waals surface area (Å²) in [5.74, 6) is 0.526. The number of rotatable bonds is 5. The van der Waals surface area contributed by atoms with E-state index in [1.54, 1.807) is 0 Å². The number of H-pyrrole nitrogens is 1. The third-order valence-corrected chi connectivity index (χ3v) is 9.08. The van der Waals surface area contributed by atoms with Crippen LogP contribution in [0, 0.1) is 0 Å². The number of aromatic amines is 1. The van der Waals surface area contributed by atoms with E-state index in [0.29, 0.717) is 35.9 Å². The van der Waals surface area contributed by atoms with Crippen LogP contribution in [0.3, 0.4) is 0 Å². The van der Waals surface area contributed by atoms with Crippen molar-refractivity contribution in [3.63, 3.8) is 0 Å². The van der Waals surface area contributed by atoms with E-state index in [-0.39, 0.29) is 41.2 Å². The number of carbonyl (C=O) groups excluding carboxylic acids is 1. The van der Waals surface area contributed by atoms with Crippen molar-refractivity contribution in [1.82, 2.24) is 39.7 Å². The lowest BCUT2D eigenvalue weighted by molar-refractivity contribution is -0.303. The Labute approximate surface area is 245 Å². The fourth-order valence-electron chi connectivity index (χ4n) is 6.75. The smallest absolute Gasteiger partial charge is 0.383 e. The summed E-state index contributed by atoms with van der Waals surface area (Å²) in [6, 6.07) is 1.62. The maximum atomic E-state index is 13.5. The number of fused-ring (bicyclic) bond motifs is 3. The van der Waals surface area contributed by atoms with E-state index < -0.39 is 23.6 Å². The molecule has 1 amide bonds. The predicted molar refractivity (Wildman–Crippen MR) is 142 cm³/mol. The lowest BCUT2D eigenvalue weighted by Crippen LogP contribution is -2.61. The average molecular weight is 621 g/mol. The third-order valence-electron chi connectivity index (χ3n) is 9.08. The minimum atomic E-state index is -5.83. The highest BCUT2D eigenvalue weighted by Crippen LogP contribution is 2.51. The Balaban J connectivity index is 1.26. The van der Waals surface area contributed by atoms with Gasteiger partial charge in [-0.05, 0) is 50.5 Å². The summed E-state index contributed by atoms with van der Waals surface area (Å²) in [5, 5.41) is 11.9. The lowest BCUT2D eigenvalue weighted by Gasteiger charge is -2.39. The average Bonchev–Trinajstić information content (AvgIpc) is 3.35. The summed E-state index contributed by atoms with van der Waals surface area (Å²) >= 11 is 0. The Morgan fingerprint density at radius 1 is 0.955 bits per heavy atom. The van der Waals surface area contributed by atoms with Crippen LogP contribution in [0.2, 0.25) is 0 Å². The zero-order valence-corrected chi connectivity index (χ0v) is 22.9. The molecule has 0 unspecified atom stereocenters. The largest absolute Gasteiger partial charge is 0.421 e. The Hall–Kier alpha value is -4.28. The number of carbonyl (C=O) groups is 1. The fraction of sp³-hybridized carbons (Fsp3) is 0.481. The molecule has 2 bridgehead atoms.